The molecule has 0 aliphatic heterocycles. The van der Waals surface area contributed by atoms with Crippen LogP contribution in [0.3, 0.4) is 0 Å². The predicted octanol–water partition coefficient (Wildman–Crippen LogP) is -0.590. The molecule has 0 bridgehead atoms. The fourth-order valence-corrected chi connectivity index (χ4v) is 1.64. The van der Waals surface area contributed by atoms with Crippen LogP contribution in [-0.4, -0.2) is 63.9 Å². The van der Waals surface area contributed by atoms with Gasteiger partial charge in [-0.15, -0.1) is 5.10 Å². The molecular formula is C11H21N5O2. The number of carbonyl (C=O) groups is 1. The topological polar surface area (TPSA) is 94.1 Å². The van der Waals surface area contributed by atoms with Crippen LogP contribution in [0.4, 0.5) is 0 Å². The van der Waals surface area contributed by atoms with E-state index in [1.807, 2.05) is 25.9 Å². The Morgan fingerprint density at radius 2 is 2.22 bits per heavy atom. The zero-order chi connectivity index (χ0) is 13.8. The Hall–Kier alpha value is -1.47. The molecule has 0 aliphatic carbocycles. The van der Waals surface area contributed by atoms with Gasteiger partial charge in [-0.1, -0.05) is 6.92 Å². The van der Waals surface area contributed by atoms with Crippen LogP contribution in [0.2, 0.25) is 0 Å². The molecule has 0 spiro atoms. The molecule has 7 heteroatoms. The molecule has 0 aromatic carbocycles. The highest BCUT2D eigenvalue weighted by Crippen LogP contribution is 2.03. The van der Waals surface area contributed by atoms with Crippen molar-refractivity contribution in [3.63, 3.8) is 0 Å². The van der Waals surface area contributed by atoms with Crippen LogP contribution in [0, 0.1) is 0 Å². The van der Waals surface area contributed by atoms with Crippen molar-refractivity contribution in [1.29, 1.82) is 0 Å². The molecule has 3 N–H and O–H groups in total. The summed E-state index contributed by atoms with van der Waals surface area (Å²) in [5.41, 5.74) is -0.983. The minimum absolute atomic E-state index is 0.104. The molecule has 0 saturated carbocycles. The number of aryl methyl sites for hydroxylation is 1. The first-order valence-electron chi connectivity index (χ1n) is 5.90. The van der Waals surface area contributed by atoms with Crippen molar-refractivity contribution in [2.75, 3.05) is 27.2 Å². The third kappa shape index (κ3) is 4.42. The first kappa shape index (κ1) is 14.6. The number of likely N-dealkylation sites (N-methyl/N-ethyl adjacent to an activating group) is 1. The molecule has 7 nitrogen and oxygen atoms in total. The lowest BCUT2D eigenvalue weighted by Crippen LogP contribution is -2.47. The lowest BCUT2D eigenvalue weighted by molar-refractivity contribution is 0.0324. The Morgan fingerprint density at radius 3 is 2.72 bits per heavy atom. The van der Waals surface area contributed by atoms with Crippen LogP contribution < -0.4 is 5.32 Å². The molecule has 0 radical (unpaired) electrons. The van der Waals surface area contributed by atoms with E-state index in [-0.39, 0.29) is 18.3 Å². The SMILES string of the molecule is CCc1nc(C(=O)NCC(C)(O)CN(C)C)n[nH]1. The summed E-state index contributed by atoms with van der Waals surface area (Å²) in [6.45, 7) is 4.20. The summed E-state index contributed by atoms with van der Waals surface area (Å²) in [5, 5.41) is 19.1. The van der Waals surface area contributed by atoms with Crippen molar-refractivity contribution in [3.05, 3.63) is 11.6 Å². The minimum Gasteiger partial charge on any atom is -0.387 e. The second kappa shape index (κ2) is 5.92. The maximum absolute atomic E-state index is 11.7. The van der Waals surface area contributed by atoms with Crippen LogP contribution >= 0.6 is 0 Å². The molecule has 1 heterocycles. The van der Waals surface area contributed by atoms with Gasteiger partial charge < -0.3 is 15.3 Å². The number of hydrogen-bond donors (Lipinski definition) is 3. The molecule has 102 valence electrons. The molecule has 1 aromatic rings. The Kier molecular flexibility index (Phi) is 4.80. The largest absolute Gasteiger partial charge is 0.387 e. The first-order valence-corrected chi connectivity index (χ1v) is 5.90. The van der Waals surface area contributed by atoms with Gasteiger partial charge in [0, 0.05) is 19.5 Å². The normalized spacial score (nSPS) is 14.6. The van der Waals surface area contributed by atoms with E-state index in [2.05, 4.69) is 20.5 Å². The number of hydrogen-bond acceptors (Lipinski definition) is 5. The summed E-state index contributed by atoms with van der Waals surface area (Å²) in [6.07, 6.45) is 0.693. The van der Waals surface area contributed by atoms with Crippen molar-refractivity contribution in [3.8, 4) is 0 Å². The number of nitrogens with one attached hydrogen (secondary N) is 2. The van der Waals surface area contributed by atoms with Crippen LogP contribution in [0.1, 0.15) is 30.3 Å². The van der Waals surface area contributed by atoms with Gasteiger partial charge in [-0.2, -0.15) is 0 Å². The monoisotopic (exact) mass is 255 g/mol. The number of aromatic amines is 1. The minimum atomic E-state index is -0.983. The first-order chi connectivity index (χ1) is 8.34. The van der Waals surface area contributed by atoms with Gasteiger partial charge >= 0.3 is 0 Å². The van der Waals surface area contributed by atoms with Crippen molar-refractivity contribution in [2.24, 2.45) is 0 Å². The number of carbonyl (C=O) groups excluding carboxylic acids is 1. The van der Waals surface area contributed by atoms with E-state index in [9.17, 15) is 9.90 Å². The molecule has 1 unspecified atom stereocenters. The molecule has 0 saturated heterocycles. The Labute approximate surface area is 107 Å². The molecule has 1 rings (SSSR count). The summed E-state index contributed by atoms with van der Waals surface area (Å²) < 4.78 is 0. The van der Waals surface area contributed by atoms with Crippen LogP contribution in [0.5, 0.6) is 0 Å². The summed E-state index contributed by atoms with van der Waals surface area (Å²) >= 11 is 0. The fourth-order valence-electron chi connectivity index (χ4n) is 1.64. The summed E-state index contributed by atoms with van der Waals surface area (Å²) in [5.74, 6) is 0.387. The summed E-state index contributed by atoms with van der Waals surface area (Å²) in [7, 11) is 3.72. The van der Waals surface area contributed by atoms with Gasteiger partial charge in [0.1, 0.15) is 5.82 Å². The standard InChI is InChI=1S/C11H21N5O2/c1-5-8-13-9(15-14-8)10(17)12-6-11(2,18)7-16(3)4/h18H,5-7H2,1-4H3,(H,12,17)(H,13,14,15). The van der Waals surface area contributed by atoms with E-state index in [1.165, 1.54) is 0 Å². The Morgan fingerprint density at radius 1 is 1.56 bits per heavy atom. The number of aromatic nitrogens is 3. The van der Waals surface area contributed by atoms with Crippen LogP contribution in [0.15, 0.2) is 0 Å². The van der Waals surface area contributed by atoms with Crippen molar-refractivity contribution < 1.29 is 9.90 Å². The van der Waals surface area contributed by atoms with Crippen molar-refractivity contribution >= 4 is 5.91 Å². The van der Waals surface area contributed by atoms with Crippen molar-refractivity contribution in [2.45, 2.75) is 25.9 Å². The second-order valence-corrected chi connectivity index (χ2v) is 4.88. The van der Waals surface area contributed by atoms with E-state index in [0.717, 1.165) is 0 Å². The Balaban J connectivity index is 2.50. The third-order valence-electron chi connectivity index (χ3n) is 2.36. The average molecular weight is 255 g/mol. The number of nitrogens with zero attached hydrogens (tertiary/aromatic N) is 3. The highest BCUT2D eigenvalue weighted by atomic mass is 16.3. The second-order valence-electron chi connectivity index (χ2n) is 4.88. The van der Waals surface area contributed by atoms with Gasteiger partial charge in [0.05, 0.1) is 5.60 Å². The zero-order valence-electron chi connectivity index (χ0n) is 11.3. The lowest BCUT2D eigenvalue weighted by Gasteiger charge is -2.26. The molecule has 0 fully saturated rings. The molecule has 0 aliphatic rings. The van der Waals surface area contributed by atoms with Gasteiger partial charge in [-0.3, -0.25) is 9.89 Å². The van der Waals surface area contributed by atoms with Gasteiger partial charge in [0.15, 0.2) is 0 Å². The third-order valence-corrected chi connectivity index (χ3v) is 2.36. The maximum Gasteiger partial charge on any atom is 0.291 e. The maximum atomic E-state index is 11.7. The summed E-state index contributed by atoms with van der Waals surface area (Å²) in [6, 6.07) is 0. The fraction of sp³-hybridized carbons (Fsp3) is 0.727. The van der Waals surface area contributed by atoms with E-state index < -0.39 is 5.60 Å². The van der Waals surface area contributed by atoms with E-state index >= 15 is 0 Å². The van der Waals surface area contributed by atoms with E-state index in [4.69, 9.17) is 0 Å². The average Bonchev–Trinajstić information content (AvgIpc) is 2.72. The highest BCUT2D eigenvalue weighted by Gasteiger charge is 2.23. The van der Waals surface area contributed by atoms with Crippen molar-refractivity contribution in [1.82, 2.24) is 25.4 Å². The highest BCUT2D eigenvalue weighted by molar-refractivity contribution is 5.90. The summed E-state index contributed by atoms with van der Waals surface area (Å²) in [4.78, 5) is 17.6. The number of amides is 1. The number of rotatable bonds is 6. The Bertz CT molecular complexity index is 400. The van der Waals surface area contributed by atoms with E-state index in [0.29, 0.717) is 18.8 Å². The number of H-pyrrole nitrogens is 1. The van der Waals surface area contributed by atoms with Gasteiger partial charge in [0.25, 0.3) is 5.91 Å². The molecule has 18 heavy (non-hydrogen) atoms. The molecular weight excluding hydrogens is 234 g/mol. The smallest absolute Gasteiger partial charge is 0.291 e. The van der Waals surface area contributed by atoms with E-state index in [1.54, 1.807) is 6.92 Å². The quantitative estimate of drug-likeness (QED) is 0.631. The zero-order valence-corrected chi connectivity index (χ0v) is 11.3. The van der Waals surface area contributed by atoms with Gasteiger partial charge in [-0.05, 0) is 21.0 Å². The molecule has 1 aromatic heterocycles. The molecule has 1 amide bonds. The molecule has 1 atom stereocenters. The van der Waals surface area contributed by atoms with Gasteiger partial charge in [-0.25, -0.2) is 4.98 Å². The van der Waals surface area contributed by atoms with Gasteiger partial charge in [0.2, 0.25) is 5.82 Å². The lowest BCUT2D eigenvalue weighted by atomic mass is 10.1. The van der Waals surface area contributed by atoms with Crippen LogP contribution in [0.25, 0.3) is 0 Å². The van der Waals surface area contributed by atoms with Crippen LogP contribution in [-0.2, 0) is 6.42 Å². The number of aliphatic hydroxyl groups is 1. The predicted molar refractivity (Wildman–Crippen MR) is 67.3 cm³/mol.